The molecule has 0 spiro atoms. The number of carbonyl (C=O) groups excluding carboxylic acids is 2. The first kappa shape index (κ1) is 16.9. The fourth-order valence-corrected chi connectivity index (χ4v) is 3.76. The van der Waals surface area contributed by atoms with Crippen LogP contribution < -0.4 is 10.6 Å². The standard InChI is InChI=1S/C21H24N2O3/c24-20(22-15-5-2-1-3-6-15)14-8-10-16(11-9-14)23-21(25)18-13-17(18)19-7-4-12-26-19/h4,7-12,15,17-18H,1-3,5-6,13H2,(H,22,24)(H,23,25). The number of hydrogen-bond donors (Lipinski definition) is 2. The van der Waals surface area contributed by atoms with Crippen LogP contribution in [0.25, 0.3) is 0 Å². The highest BCUT2D eigenvalue weighted by Crippen LogP contribution is 2.48. The summed E-state index contributed by atoms with van der Waals surface area (Å²) in [5, 5.41) is 6.04. The second-order valence-corrected chi connectivity index (χ2v) is 7.34. The van der Waals surface area contributed by atoms with Crippen molar-refractivity contribution in [2.24, 2.45) is 5.92 Å². The van der Waals surface area contributed by atoms with E-state index in [0.29, 0.717) is 17.3 Å². The highest BCUT2D eigenvalue weighted by atomic mass is 16.3. The Labute approximate surface area is 153 Å². The van der Waals surface area contributed by atoms with E-state index >= 15 is 0 Å². The van der Waals surface area contributed by atoms with Crippen molar-refractivity contribution < 1.29 is 14.0 Å². The third-order valence-electron chi connectivity index (χ3n) is 5.39. The van der Waals surface area contributed by atoms with Gasteiger partial charge in [-0.15, -0.1) is 0 Å². The summed E-state index contributed by atoms with van der Waals surface area (Å²) in [7, 11) is 0. The minimum absolute atomic E-state index is 0.00538. The molecule has 0 radical (unpaired) electrons. The quantitative estimate of drug-likeness (QED) is 0.851. The number of anilines is 1. The van der Waals surface area contributed by atoms with E-state index in [1.54, 1.807) is 30.5 Å². The number of amides is 2. The van der Waals surface area contributed by atoms with Crippen molar-refractivity contribution in [2.45, 2.75) is 50.5 Å². The van der Waals surface area contributed by atoms with Crippen LogP contribution in [0.5, 0.6) is 0 Å². The van der Waals surface area contributed by atoms with E-state index in [9.17, 15) is 9.59 Å². The van der Waals surface area contributed by atoms with Crippen LogP contribution in [-0.4, -0.2) is 17.9 Å². The Hall–Kier alpha value is -2.56. The van der Waals surface area contributed by atoms with E-state index in [0.717, 1.165) is 25.0 Å². The van der Waals surface area contributed by atoms with Crippen LogP contribution in [0.4, 0.5) is 5.69 Å². The van der Waals surface area contributed by atoms with Crippen molar-refractivity contribution in [1.29, 1.82) is 0 Å². The third-order valence-corrected chi connectivity index (χ3v) is 5.39. The molecule has 1 aromatic carbocycles. The Kier molecular flexibility index (Phi) is 4.78. The van der Waals surface area contributed by atoms with Gasteiger partial charge in [0.25, 0.3) is 5.91 Å². The fraction of sp³-hybridized carbons (Fsp3) is 0.429. The average Bonchev–Trinajstić information content (AvgIpc) is 3.28. The Morgan fingerprint density at radius 3 is 2.46 bits per heavy atom. The topological polar surface area (TPSA) is 71.3 Å². The zero-order valence-electron chi connectivity index (χ0n) is 14.7. The van der Waals surface area contributed by atoms with Crippen molar-refractivity contribution in [3.8, 4) is 0 Å². The molecule has 4 rings (SSSR count). The van der Waals surface area contributed by atoms with Crippen LogP contribution >= 0.6 is 0 Å². The molecule has 0 aliphatic heterocycles. The fourth-order valence-electron chi connectivity index (χ4n) is 3.76. The number of benzene rings is 1. The summed E-state index contributed by atoms with van der Waals surface area (Å²) in [6.45, 7) is 0. The van der Waals surface area contributed by atoms with Gasteiger partial charge in [0, 0.05) is 29.1 Å². The number of rotatable bonds is 5. The SMILES string of the molecule is O=C(NC1CCCCC1)c1ccc(NC(=O)C2CC2c2ccco2)cc1. The van der Waals surface area contributed by atoms with E-state index in [1.807, 2.05) is 12.1 Å². The molecule has 5 nitrogen and oxygen atoms in total. The summed E-state index contributed by atoms with van der Waals surface area (Å²) in [5.74, 6) is 1.00. The normalized spacial score (nSPS) is 22.6. The summed E-state index contributed by atoms with van der Waals surface area (Å²) >= 11 is 0. The molecule has 2 saturated carbocycles. The van der Waals surface area contributed by atoms with Crippen LogP contribution in [0, 0.1) is 5.92 Å². The molecule has 2 atom stereocenters. The maximum absolute atomic E-state index is 12.3. The molecule has 2 aromatic rings. The van der Waals surface area contributed by atoms with Crippen molar-refractivity contribution in [1.82, 2.24) is 5.32 Å². The van der Waals surface area contributed by atoms with Gasteiger partial charge in [0.05, 0.1) is 6.26 Å². The summed E-state index contributed by atoms with van der Waals surface area (Å²) in [6, 6.07) is 11.2. The number of carbonyl (C=O) groups is 2. The van der Waals surface area contributed by atoms with E-state index in [1.165, 1.54) is 19.3 Å². The molecule has 136 valence electrons. The number of furan rings is 1. The van der Waals surface area contributed by atoms with Crippen LogP contribution in [0.2, 0.25) is 0 Å². The lowest BCUT2D eigenvalue weighted by Crippen LogP contribution is -2.36. The van der Waals surface area contributed by atoms with Gasteiger partial charge >= 0.3 is 0 Å². The second-order valence-electron chi connectivity index (χ2n) is 7.34. The zero-order chi connectivity index (χ0) is 17.9. The summed E-state index contributed by atoms with van der Waals surface area (Å²) in [6.07, 6.45) is 8.24. The second kappa shape index (κ2) is 7.36. The third kappa shape index (κ3) is 3.82. The smallest absolute Gasteiger partial charge is 0.251 e. The Bertz CT molecular complexity index is 761. The van der Waals surface area contributed by atoms with Gasteiger partial charge in [0.1, 0.15) is 5.76 Å². The van der Waals surface area contributed by atoms with Crippen LogP contribution in [0.1, 0.15) is 60.6 Å². The molecule has 1 aromatic heterocycles. The Balaban J connectivity index is 1.30. The molecule has 1 heterocycles. The molecule has 0 bridgehead atoms. The maximum atomic E-state index is 12.3. The monoisotopic (exact) mass is 352 g/mol. The van der Waals surface area contributed by atoms with Crippen molar-refractivity contribution >= 4 is 17.5 Å². The first-order valence-corrected chi connectivity index (χ1v) is 9.46. The first-order valence-electron chi connectivity index (χ1n) is 9.46. The zero-order valence-corrected chi connectivity index (χ0v) is 14.7. The van der Waals surface area contributed by atoms with Gasteiger partial charge < -0.3 is 15.1 Å². The molecule has 5 heteroatoms. The summed E-state index contributed by atoms with van der Waals surface area (Å²) < 4.78 is 5.37. The largest absolute Gasteiger partial charge is 0.469 e. The van der Waals surface area contributed by atoms with E-state index < -0.39 is 0 Å². The van der Waals surface area contributed by atoms with Gasteiger partial charge in [0.2, 0.25) is 5.91 Å². The van der Waals surface area contributed by atoms with E-state index in [4.69, 9.17) is 4.42 Å². The predicted octanol–water partition coefficient (Wildman–Crippen LogP) is 4.08. The van der Waals surface area contributed by atoms with Gasteiger partial charge in [-0.1, -0.05) is 19.3 Å². The van der Waals surface area contributed by atoms with Gasteiger partial charge in [-0.2, -0.15) is 0 Å². The minimum Gasteiger partial charge on any atom is -0.469 e. The van der Waals surface area contributed by atoms with E-state index in [2.05, 4.69) is 10.6 Å². The average molecular weight is 352 g/mol. The van der Waals surface area contributed by atoms with Gasteiger partial charge in [0.15, 0.2) is 0 Å². The predicted molar refractivity (Wildman–Crippen MR) is 99.0 cm³/mol. The van der Waals surface area contributed by atoms with Gasteiger partial charge in [-0.05, 0) is 55.7 Å². The Morgan fingerprint density at radius 2 is 1.77 bits per heavy atom. The number of hydrogen-bond acceptors (Lipinski definition) is 3. The molecular weight excluding hydrogens is 328 g/mol. The molecular formula is C21H24N2O3. The summed E-state index contributed by atoms with van der Waals surface area (Å²) in [4.78, 5) is 24.7. The highest BCUT2D eigenvalue weighted by Gasteiger charge is 2.45. The molecule has 2 aliphatic carbocycles. The van der Waals surface area contributed by atoms with Crippen molar-refractivity contribution in [3.63, 3.8) is 0 Å². The minimum atomic E-state index is -0.0325. The van der Waals surface area contributed by atoms with Crippen LogP contribution in [0.3, 0.4) is 0 Å². The molecule has 0 saturated heterocycles. The molecule has 26 heavy (non-hydrogen) atoms. The molecule has 2 unspecified atom stereocenters. The highest BCUT2D eigenvalue weighted by molar-refractivity contribution is 5.97. The lowest BCUT2D eigenvalue weighted by Gasteiger charge is -2.22. The van der Waals surface area contributed by atoms with Gasteiger partial charge in [-0.25, -0.2) is 0 Å². The molecule has 2 aliphatic rings. The van der Waals surface area contributed by atoms with Crippen molar-refractivity contribution in [3.05, 3.63) is 54.0 Å². The molecule has 2 fully saturated rings. The van der Waals surface area contributed by atoms with Crippen LogP contribution in [0.15, 0.2) is 47.1 Å². The van der Waals surface area contributed by atoms with Crippen molar-refractivity contribution in [2.75, 3.05) is 5.32 Å². The lowest BCUT2D eigenvalue weighted by molar-refractivity contribution is -0.117. The number of nitrogens with one attached hydrogen (secondary N) is 2. The lowest BCUT2D eigenvalue weighted by atomic mass is 9.95. The molecule has 2 N–H and O–H groups in total. The Morgan fingerprint density at radius 1 is 1.00 bits per heavy atom. The first-order chi connectivity index (χ1) is 12.7. The summed E-state index contributed by atoms with van der Waals surface area (Å²) in [5.41, 5.74) is 1.35. The van der Waals surface area contributed by atoms with Gasteiger partial charge in [-0.3, -0.25) is 9.59 Å². The maximum Gasteiger partial charge on any atom is 0.251 e. The molecule has 2 amide bonds. The van der Waals surface area contributed by atoms with Crippen LogP contribution in [-0.2, 0) is 4.79 Å². The van der Waals surface area contributed by atoms with E-state index in [-0.39, 0.29) is 23.7 Å².